The van der Waals surface area contributed by atoms with Crippen LogP contribution in [0.5, 0.6) is 0 Å². The topological polar surface area (TPSA) is 52.9 Å². The average Bonchev–Trinajstić information content (AvgIpc) is 2.44. The van der Waals surface area contributed by atoms with E-state index in [1.54, 1.807) is 17.0 Å². The maximum absolute atomic E-state index is 11.9. The summed E-state index contributed by atoms with van der Waals surface area (Å²) in [6.45, 7) is 2.61. The number of nitrogen functional groups attached to an aromatic ring is 1. The molecule has 0 aliphatic carbocycles. The van der Waals surface area contributed by atoms with Crippen molar-refractivity contribution in [1.82, 2.24) is 9.13 Å². The molecule has 0 radical (unpaired) electrons. The molecule has 2 N–H and O–H groups in total. The number of nitrogens with zero attached hydrogens (tertiary/aromatic N) is 2. The molecule has 2 aromatic rings. The van der Waals surface area contributed by atoms with Gasteiger partial charge in [-0.25, -0.2) is 0 Å². The summed E-state index contributed by atoms with van der Waals surface area (Å²) in [5, 5.41) is 0.622. The highest BCUT2D eigenvalue weighted by molar-refractivity contribution is 5.90. The van der Waals surface area contributed by atoms with E-state index in [9.17, 15) is 4.79 Å². The van der Waals surface area contributed by atoms with Gasteiger partial charge in [0, 0.05) is 26.0 Å². The number of hydrogen-bond donors (Lipinski definition) is 1. The van der Waals surface area contributed by atoms with Gasteiger partial charge in [-0.2, -0.15) is 0 Å². The smallest absolute Gasteiger partial charge is 0.262 e. The van der Waals surface area contributed by atoms with Gasteiger partial charge in [0.1, 0.15) is 0 Å². The van der Waals surface area contributed by atoms with E-state index in [4.69, 9.17) is 5.73 Å². The molecule has 2 rings (SSSR count). The van der Waals surface area contributed by atoms with Crippen LogP contribution in [0.1, 0.15) is 6.92 Å². The third-order valence-corrected chi connectivity index (χ3v) is 2.49. The Bertz CT molecular complexity index is 536. The van der Waals surface area contributed by atoms with Gasteiger partial charge in [0.2, 0.25) is 0 Å². The Labute approximate surface area is 81.6 Å². The van der Waals surface area contributed by atoms with Crippen LogP contribution in [0.2, 0.25) is 0 Å². The Morgan fingerprint density at radius 1 is 1.50 bits per heavy atom. The van der Waals surface area contributed by atoms with Crippen molar-refractivity contribution >= 4 is 16.6 Å². The second-order valence-corrected chi connectivity index (χ2v) is 3.36. The molecular formula is C10H13N3O. The normalized spacial score (nSPS) is 11.0. The first-order valence-corrected chi connectivity index (χ1v) is 4.59. The summed E-state index contributed by atoms with van der Waals surface area (Å²) < 4.78 is 3.52. The van der Waals surface area contributed by atoms with Gasteiger partial charge >= 0.3 is 0 Å². The van der Waals surface area contributed by atoms with Gasteiger partial charge in [0.25, 0.3) is 5.56 Å². The van der Waals surface area contributed by atoms with Crippen LogP contribution < -0.4 is 11.3 Å². The molecule has 2 heterocycles. The third kappa shape index (κ3) is 1.04. The number of aryl methyl sites for hydroxylation is 2. The number of aromatic nitrogens is 2. The zero-order valence-corrected chi connectivity index (χ0v) is 8.32. The van der Waals surface area contributed by atoms with Crippen LogP contribution in [0, 0.1) is 0 Å². The second kappa shape index (κ2) is 2.90. The van der Waals surface area contributed by atoms with E-state index in [-0.39, 0.29) is 5.56 Å². The van der Waals surface area contributed by atoms with Crippen molar-refractivity contribution in [3.05, 3.63) is 28.8 Å². The molecule has 0 unspecified atom stereocenters. The molecule has 74 valence electrons. The Kier molecular flexibility index (Phi) is 1.84. The summed E-state index contributed by atoms with van der Waals surface area (Å²) in [5.74, 6) is 0. The fourth-order valence-electron chi connectivity index (χ4n) is 1.72. The Morgan fingerprint density at radius 2 is 2.21 bits per heavy atom. The van der Waals surface area contributed by atoms with E-state index in [0.29, 0.717) is 17.6 Å². The number of fused-ring (bicyclic) bond motifs is 1. The quantitative estimate of drug-likeness (QED) is 0.729. The number of hydrogen-bond acceptors (Lipinski definition) is 2. The van der Waals surface area contributed by atoms with E-state index >= 15 is 0 Å². The summed E-state index contributed by atoms with van der Waals surface area (Å²) in [6, 6.07) is 1.91. The molecule has 0 fully saturated rings. The van der Waals surface area contributed by atoms with Crippen LogP contribution in [-0.2, 0) is 13.6 Å². The number of anilines is 1. The van der Waals surface area contributed by atoms with Crippen molar-refractivity contribution in [3.8, 4) is 0 Å². The van der Waals surface area contributed by atoms with Gasteiger partial charge < -0.3 is 14.9 Å². The molecule has 0 aliphatic rings. The summed E-state index contributed by atoms with van der Waals surface area (Å²) in [5.41, 5.74) is 7.19. The highest BCUT2D eigenvalue weighted by Crippen LogP contribution is 2.17. The van der Waals surface area contributed by atoms with Crippen LogP contribution in [-0.4, -0.2) is 9.13 Å². The van der Waals surface area contributed by atoms with E-state index in [1.807, 2.05) is 24.6 Å². The molecule has 0 saturated heterocycles. The lowest BCUT2D eigenvalue weighted by molar-refractivity contribution is 0.734. The van der Waals surface area contributed by atoms with Crippen LogP contribution in [0.3, 0.4) is 0 Å². The molecule has 2 aromatic heterocycles. The van der Waals surface area contributed by atoms with E-state index < -0.39 is 0 Å². The van der Waals surface area contributed by atoms with Gasteiger partial charge in [-0.1, -0.05) is 0 Å². The monoisotopic (exact) mass is 191 g/mol. The van der Waals surface area contributed by atoms with Crippen molar-refractivity contribution in [3.63, 3.8) is 0 Å². The molecule has 0 amide bonds. The van der Waals surface area contributed by atoms with Crippen LogP contribution in [0.4, 0.5) is 5.69 Å². The summed E-state index contributed by atoms with van der Waals surface area (Å²) in [4.78, 5) is 11.9. The molecule has 4 nitrogen and oxygen atoms in total. The van der Waals surface area contributed by atoms with E-state index in [2.05, 4.69) is 0 Å². The largest absolute Gasteiger partial charge is 0.397 e. The number of pyridine rings is 1. The van der Waals surface area contributed by atoms with Crippen molar-refractivity contribution in [2.24, 2.45) is 7.05 Å². The van der Waals surface area contributed by atoms with Crippen LogP contribution >= 0.6 is 0 Å². The van der Waals surface area contributed by atoms with Gasteiger partial charge in [0.05, 0.1) is 16.6 Å². The molecule has 0 atom stereocenters. The van der Waals surface area contributed by atoms with Crippen LogP contribution in [0.25, 0.3) is 10.9 Å². The van der Waals surface area contributed by atoms with Gasteiger partial charge in [-0.3, -0.25) is 4.79 Å². The van der Waals surface area contributed by atoms with Gasteiger partial charge in [0.15, 0.2) is 0 Å². The molecule has 4 heteroatoms. The molecule has 0 aromatic carbocycles. The number of rotatable bonds is 1. The fraction of sp³-hybridized carbons (Fsp3) is 0.300. The minimum absolute atomic E-state index is 0.0110. The second-order valence-electron chi connectivity index (χ2n) is 3.36. The lowest BCUT2D eigenvalue weighted by atomic mass is 10.3. The predicted octanol–water partition coefficient (Wildman–Crippen LogP) is 0.942. The summed E-state index contributed by atoms with van der Waals surface area (Å²) in [6.07, 6.45) is 3.57. The first-order valence-electron chi connectivity index (χ1n) is 4.59. The number of nitrogens with two attached hydrogens (primary N) is 1. The minimum Gasteiger partial charge on any atom is -0.397 e. The van der Waals surface area contributed by atoms with Crippen molar-refractivity contribution in [2.75, 3.05) is 5.73 Å². The Balaban J connectivity index is 2.95. The van der Waals surface area contributed by atoms with Crippen LogP contribution in [0.15, 0.2) is 23.3 Å². The van der Waals surface area contributed by atoms with Crippen molar-refractivity contribution in [2.45, 2.75) is 13.5 Å². The van der Waals surface area contributed by atoms with Crippen molar-refractivity contribution < 1.29 is 0 Å². The van der Waals surface area contributed by atoms with E-state index in [0.717, 1.165) is 5.52 Å². The Hall–Kier alpha value is -1.71. The minimum atomic E-state index is -0.0110. The van der Waals surface area contributed by atoms with Crippen molar-refractivity contribution in [1.29, 1.82) is 0 Å². The summed E-state index contributed by atoms with van der Waals surface area (Å²) >= 11 is 0. The average molecular weight is 191 g/mol. The first kappa shape index (κ1) is 8.87. The molecular weight excluding hydrogens is 178 g/mol. The third-order valence-electron chi connectivity index (χ3n) is 2.49. The lowest BCUT2D eigenvalue weighted by Crippen LogP contribution is -2.18. The SMILES string of the molecule is CCn1ccc2c(c(N)cn2C)c1=O. The standard InChI is InChI=1S/C10H13N3O/c1-3-13-5-4-8-9(10(13)14)7(11)6-12(8)2/h4-6H,3,11H2,1-2H3. The molecule has 0 aliphatic heterocycles. The maximum atomic E-state index is 11.9. The molecule has 0 bridgehead atoms. The highest BCUT2D eigenvalue weighted by Gasteiger charge is 2.08. The molecule has 14 heavy (non-hydrogen) atoms. The lowest BCUT2D eigenvalue weighted by Gasteiger charge is -2.01. The first-order chi connectivity index (χ1) is 6.65. The van der Waals surface area contributed by atoms with E-state index in [1.165, 1.54) is 0 Å². The molecule has 0 saturated carbocycles. The Morgan fingerprint density at radius 3 is 2.86 bits per heavy atom. The zero-order chi connectivity index (χ0) is 10.3. The maximum Gasteiger partial charge on any atom is 0.262 e. The summed E-state index contributed by atoms with van der Waals surface area (Å²) in [7, 11) is 1.88. The zero-order valence-electron chi connectivity index (χ0n) is 8.32. The molecule has 0 spiro atoms. The fourth-order valence-corrected chi connectivity index (χ4v) is 1.72. The van der Waals surface area contributed by atoms with Gasteiger partial charge in [-0.15, -0.1) is 0 Å². The van der Waals surface area contributed by atoms with Gasteiger partial charge in [-0.05, 0) is 13.0 Å². The predicted molar refractivity (Wildman–Crippen MR) is 57.3 cm³/mol. The highest BCUT2D eigenvalue weighted by atomic mass is 16.1.